The molecule has 2 unspecified atom stereocenters. The third kappa shape index (κ3) is 2.60. The lowest BCUT2D eigenvalue weighted by molar-refractivity contribution is 0.0347. The largest absolute Gasteiger partial charge is 0.329 e. The lowest BCUT2D eigenvalue weighted by Gasteiger charge is -2.47. The zero-order chi connectivity index (χ0) is 11.6. The van der Waals surface area contributed by atoms with Gasteiger partial charge in [-0.05, 0) is 44.6 Å². The molecule has 94 valence electrons. The molecule has 2 aliphatic rings. The Morgan fingerprint density at radius 1 is 1.25 bits per heavy atom. The van der Waals surface area contributed by atoms with Crippen LogP contribution in [-0.2, 0) is 0 Å². The Labute approximate surface area is 101 Å². The molecule has 1 saturated heterocycles. The number of nitrogens with zero attached hydrogens (tertiary/aromatic N) is 1. The molecule has 2 heteroatoms. The molecule has 0 radical (unpaired) electrons. The number of rotatable bonds is 4. The Kier molecular flexibility index (Phi) is 3.91. The quantitative estimate of drug-likeness (QED) is 0.795. The molecule has 0 aromatic rings. The van der Waals surface area contributed by atoms with Crippen LogP contribution in [0.5, 0.6) is 0 Å². The van der Waals surface area contributed by atoms with Gasteiger partial charge in [-0.15, -0.1) is 0 Å². The minimum absolute atomic E-state index is 0.278. The highest BCUT2D eigenvalue weighted by atomic mass is 15.2. The van der Waals surface area contributed by atoms with E-state index in [0.29, 0.717) is 0 Å². The van der Waals surface area contributed by atoms with E-state index in [0.717, 1.165) is 18.4 Å². The van der Waals surface area contributed by atoms with Gasteiger partial charge < -0.3 is 5.73 Å². The minimum atomic E-state index is 0.278. The van der Waals surface area contributed by atoms with Crippen LogP contribution in [0, 0.1) is 11.8 Å². The molecule has 2 N–H and O–H groups in total. The molecule has 2 fully saturated rings. The van der Waals surface area contributed by atoms with E-state index in [1.165, 1.54) is 51.6 Å². The summed E-state index contributed by atoms with van der Waals surface area (Å²) < 4.78 is 0. The third-order valence-corrected chi connectivity index (χ3v) is 4.81. The summed E-state index contributed by atoms with van der Waals surface area (Å²) in [4.78, 5) is 2.68. The topological polar surface area (TPSA) is 29.3 Å². The summed E-state index contributed by atoms with van der Waals surface area (Å²) in [6.45, 7) is 8.14. The Balaban J connectivity index is 1.94. The summed E-state index contributed by atoms with van der Waals surface area (Å²) in [6, 6.07) is 0. The fourth-order valence-electron chi connectivity index (χ4n) is 3.34. The minimum Gasteiger partial charge on any atom is -0.329 e. The molecule has 1 aliphatic heterocycles. The van der Waals surface area contributed by atoms with Crippen molar-refractivity contribution in [2.24, 2.45) is 17.6 Å². The third-order valence-electron chi connectivity index (χ3n) is 4.81. The fourth-order valence-corrected chi connectivity index (χ4v) is 3.34. The molecule has 0 aromatic carbocycles. The van der Waals surface area contributed by atoms with Gasteiger partial charge in [0, 0.05) is 18.6 Å². The van der Waals surface area contributed by atoms with Gasteiger partial charge in [-0.25, -0.2) is 0 Å². The van der Waals surface area contributed by atoms with Crippen LogP contribution in [0.25, 0.3) is 0 Å². The van der Waals surface area contributed by atoms with Gasteiger partial charge >= 0.3 is 0 Å². The van der Waals surface area contributed by atoms with Crippen molar-refractivity contribution in [1.29, 1.82) is 0 Å². The van der Waals surface area contributed by atoms with Gasteiger partial charge in [0.2, 0.25) is 0 Å². The Morgan fingerprint density at radius 2 is 2.00 bits per heavy atom. The molecule has 1 heterocycles. The van der Waals surface area contributed by atoms with Gasteiger partial charge in [-0.1, -0.05) is 26.2 Å². The normalized spacial score (nSPS) is 32.1. The fraction of sp³-hybridized carbons (Fsp3) is 1.00. The maximum atomic E-state index is 6.07. The van der Waals surface area contributed by atoms with E-state index in [1.807, 2.05) is 0 Å². The molecule has 0 bridgehead atoms. The van der Waals surface area contributed by atoms with E-state index in [4.69, 9.17) is 5.73 Å². The van der Waals surface area contributed by atoms with E-state index >= 15 is 0 Å². The monoisotopic (exact) mass is 224 g/mol. The summed E-state index contributed by atoms with van der Waals surface area (Å²) in [5, 5.41) is 0. The molecule has 2 rings (SSSR count). The van der Waals surface area contributed by atoms with Crippen LogP contribution in [0.15, 0.2) is 0 Å². The summed E-state index contributed by atoms with van der Waals surface area (Å²) >= 11 is 0. The number of piperidine rings is 1. The van der Waals surface area contributed by atoms with Crippen molar-refractivity contribution in [3.63, 3.8) is 0 Å². The van der Waals surface area contributed by atoms with Crippen molar-refractivity contribution < 1.29 is 0 Å². The van der Waals surface area contributed by atoms with Crippen molar-refractivity contribution in [1.82, 2.24) is 4.90 Å². The van der Waals surface area contributed by atoms with Gasteiger partial charge in [-0.3, -0.25) is 4.90 Å². The molecule has 2 nitrogen and oxygen atoms in total. The zero-order valence-electron chi connectivity index (χ0n) is 11.0. The second-order valence-electron chi connectivity index (χ2n) is 6.40. The summed E-state index contributed by atoms with van der Waals surface area (Å²) in [5.74, 6) is 1.83. The predicted molar refractivity (Wildman–Crippen MR) is 69.4 cm³/mol. The van der Waals surface area contributed by atoms with E-state index in [-0.39, 0.29) is 5.54 Å². The van der Waals surface area contributed by atoms with Crippen LogP contribution in [0.1, 0.15) is 52.4 Å². The van der Waals surface area contributed by atoms with Gasteiger partial charge in [0.1, 0.15) is 0 Å². The number of hydrogen-bond acceptors (Lipinski definition) is 2. The van der Waals surface area contributed by atoms with Gasteiger partial charge in [0.05, 0.1) is 0 Å². The molecule has 0 aromatic heterocycles. The van der Waals surface area contributed by atoms with Crippen LogP contribution in [0.4, 0.5) is 0 Å². The molecular weight excluding hydrogens is 196 g/mol. The van der Waals surface area contributed by atoms with Gasteiger partial charge in [0.15, 0.2) is 0 Å². The van der Waals surface area contributed by atoms with Crippen LogP contribution >= 0.6 is 0 Å². The van der Waals surface area contributed by atoms with Crippen molar-refractivity contribution in [2.45, 2.75) is 57.9 Å². The first kappa shape index (κ1) is 12.4. The van der Waals surface area contributed by atoms with Crippen molar-refractivity contribution in [2.75, 3.05) is 19.6 Å². The Bertz CT molecular complexity index is 225. The first-order valence-electron chi connectivity index (χ1n) is 7.09. The highest BCUT2D eigenvalue weighted by Crippen LogP contribution is 2.37. The predicted octanol–water partition coefficient (Wildman–Crippen LogP) is 2.63. The smallest absolute Gasteiger partial charge is 0.0306 e. The second-order valence-corrected chi connectivity index (χ2v) is 6.40. The number of hydrogen-bond donors (Lipinski definition) is 1. The van der Waals surface area contributed by atoms with Crippen molar-refractivity contribution >= 4 is 0 Å². The average Bonchev–Trinajstić information content (AvgIpc) is 2.23. The SMILES string of the molecule is CC1CCCN(C(C)(CN)CC2CCC2)C1. The Morgan fingerprint density at radius 3 is 2.50 bits per heavy atom. The van der Waals surface area contributed by atoms with Crippen LogP contribution in [0.3, 0.4) is 0 Å². The van der Waals surface area contributed by atoms with E-state index in [2.05, 4.69) is 18.7 Å². The molecule has 0 amide bonds. The summed E-state index contributed by atoms with van der Waals surface area (Å²) in [7, 11) is 0. The maximum Gasteiger partial charge on any atom is 0.0306 e. The highest BCUT2D eigenvalue weighted by molar-refractivity contribution is 4.93. The van der Waals surface area contributed by atoms with Crippen LogP contribution < -0.4 is 5.73 Å². The molecule has 0 spiro atoms. The van der Waals surface area contributed by atoms with Crippen molar-refractivity contribution in [3.05, 3.63) is 0 Å². The first-order valence-corrected chi connectivity index (χ1v) is 7.09. The van der Waals surface area contributed by atoms with E-state index in [1.54, 1.807) is 0 Å². The summed E-state index contributed by atoms with van der Waals surface area (Å²) in [5.41, 5.74) is 6.35. The molecule has 1 aliphatic carbocycles. The van der Waals surface area contributed by atoms with Crippen molar-refractivity contribution in [3.8, 4) is 0 Å². The lowest BCUT2D eigenvalue weighted by Crippen LogP contribution is -2.56. The first-order chi connectivity index (χ1) is 7.64. The Hall–Kier alpha value is -0.0800. The highest BCUT2D eigenvalue weighted by Gasteiger charge is 2.36. The average molecular weight is 224 g/mol. The van der Waals surface area contributed by atoms with Gasteiger partial charge in [-0.2, -0.15) is 0 Å². The zero-order valence-corrected chi connectivity index (χ0v) is 11.0. The standard InChI is InChI=1S/C14H28N2/c1-12-5-4-8-16(10-12)14(2,11-15)9-13-6-3-7-13/h12-13H,3-11,15H2,1-2H3. The number of likely N-dealkylation sites (tertiary alicyclic amines) is 1. The summed E-state index contributed by atoms with van der Waals surface area (Å²) in [6.07, 6.45) is 8.43. The van der Waals surface area contributed by atoms with E-state index in [9.17, 15) is 0 Å². The lowest BCUT2D eigenvalue weighted by atomic mass is 9.75. The molecule has 16 heavy (non-hydrogen) atoms. The second kappa shape index (κ2) is 5.05. The van der Waals surface area contributed by atoms with Crippen LogP contribution in [0.2, 0.25) is 0 Å². The van der Waals surface area contributed by atoms with Gasteiger partial charge in [0.25, 0.3) is 0 Å². The number of nitrogens with two attached hydrogens (primary N) is 1. The van der Waals surface area contributed by atoms with Crippen LogP contribution in [-0.4, -0.2) is 30.1 Å². The maximum absolute atomic E-state index is 6.07. The van der Waals surface area contributed by atoms with E-state index < -0.39 is 0 Å². The molecule has 1 saturated carbocycles. The molecule has 2 atom stereocenters. The molecular formula is C14H28N2.